The maximum Gasteiger partial charge on any atom is 0.407 e. The molecule has 0 fully saturated rings. The van der Waals surface area contributed by atoms with Gasteiger partial charge in [0.05, 0.1) is 23.8 Å². The minimum atomic E-state index is -0.431. The first kappa shape index (κ1) is 109. The number of carbonyl (C=O) groups is 6. The SMILES string of the molecule is CC(N)[C@@H](C)CCCNC(=O)OCc1ccccc1.CC(NC(=O)c1cc2ccc(-c3ccc(F)cc3)cc2[nH]1)[C@@H](C)CCCNC(=O)OCc1ccccc1.CC(NC(=O)c1cc2ccc(-c3ccc(F)cc3)cc2[nH]1)[C@@H](Cl)CCC[NH3+].CC(NC(=O)c1cc2ccc(-c3ccc(F)cc3)cc2[nH]1)[C@@H](Cl)CCC[NH3+].N.N.O=COc1cc2ccc(-c3ccc(F)cc3)cc2[nH]1.[Cl-].[Cl-]. The van der Waals surface area contributed by atoms with E-state index in [0.717, 1.165) is 164 Å². The van der Waals surface area contributed by atoms with Gasteiger partial charge in [0.2, 0.25) is 5.88 Å². The van der Waals surface area contributed by atoms with Crippen molar-refractivity contribution in [2.45, 2.75) is 141 Å². The Labute approximate surface area is 795 Å². The highest BCUT2D eigenvalue weighted by Gasteiger charge is 2.23. The standard InChI is InChI=1S/C30H32FN3O3.2C21H23ClFN3O.C15H10FNO2.C15H24N2O2.2ClH.2H3N/c1-20(7-6-16-32-30(36)37-19-22-8-4-3-5-9-22)21(2)33-29(35)28-18-25-11-10-24(17-27(25)34-28)23-12-14-26(31)15-13-23;2*1-13(18(22)3-2-10-24)25-21(27)20-12-16-5-4-15(11-19(16)26-20)14-6-8-17(23)9-7-14;16-13-5-3-10(4-6-13)11-1-2-12-8-15(19-9-18)17-14(12)7-11;1-12(13(2)16)7-6-10-17-15(18)19-11-14-8-4-3-5-9-14;;;;/h3-5,8-15,17-18,20-21,34H,6-7,16,19H2,1-2H3,(H,32,36)(H,33,35);2*4-9,11-13,18,26H,2-3,10,24H2,1H3,(H,25,27);1-9,17H;3-5,8-9,12-13H,6-7,10-11,16H2,1-2H3,(H,17,18);2*1H;2*1H3/t20-,21?;2*13?,18-;;12-,13?;;;;/m000.0..../s1. The molecule has 0 saturated heterocycles. The van der Waals surface area contributed by atoms with E-state index in [2.05, 4.69) is 71.8 Å². The Morgan fingerprint density at radius 2 is 0.677 bits per heavy atom. The number of ether oxygens (including phenoxy) is 3. The van der Waals surface area contributed by atoms with Crippen LogP contribution in [0.2, 0.25) is 0 Å². The highest BCUT2D eigenvalue weighted by molar-refractivity contribution is 6.21. The van der Waals surface area contributed by atoms with E-state index in [0.29, 0.717) is 55.0 Å². The molecule has 0 spiro atoms. The smallest absolute Gasteiger partial charge is 0.407 e. The van der Waals surface area contributed by atoms with Crippen molar-refractivity contribution in [3.05, 3.63) is 306 Å². The van der Waals surface area contributed by atoms with E-state index >= 15 is 0 Å². The number of nitrogens with two attached hydrogens (primary N) is 1. The first-order valence-electron chi connectivity index (χ1n) is 43.3. The van der Waals surface area contributed by atoms with Crippen LogP contribution in [0, 0.1) is 35.1 Å². The van der Waals surface area contributed by atoms with Crippen LogP contribution in [0.4, 0.5) is 27.2 Å². The summed E-state index contributed by atoms with van der Waals surface area (Å²) in [7, 11) is 0. The minimum Gasteiger partial charge on any atom is -1.00 e. The number of aromatic amines is 4. The topological polar surface area (TPSA) is 405 Å². The molecule has 0 radical (unpaired) electrons. The monoisotopic (exact) mass is 1900 g/mol. The van der Waals surface area contributed by atoms with Gasteiger partial charge in [-0.2, -0.15) is 0 Å². The Bertz CT molecular complexity index is 5770. The Morgan fingerprint density at radius 1 is 0.383 bits per heavy atom. The van der Waals surface area contributed by atoms with Gasteiger partial charge < -0.3 is 115 Å². The maximum absolute atomic E-state index is 13.2. The average molecular weight is 1900 g/mol. The lowest BCUT2D eigenvalue weighted by Crippen LogP contribution is -3.00. The zero-order chi connectivity index (χ0) is 92.3. The van der Waals surface area contributed by atoms with Crippen LogP contribution in [0.25, 0.3) is 88.1 Å². The van der Waals surface area contributed by atoms with Crippen LogP contribution in [0.1, 0.15) is 136 Å². The van der Waals surface area contributed by atoms with Crippen LogP contribution >= 0.6 is 23.2 Å². The number of nitrogens with one attached hydrogen (secondary N) is 9. The van der Waals surface area contributed by atoms with Crippen molar-refractivity contribution in [3.63, 3.8) is 0 Å². The number of alkyl halides is 2. The van der Waals surface area contributed by atoms with E-state index in [1.807, 2.05) is 179 Å². The van der Waals surface area contributed by atoms with E-state index in [1.165, 1.54) is 48.5 Å². The van der Waals surface area contributed by atoms with Gasteiger partial charge in [-0.3, -0.25) is 19.2 Å². The summed E-state index contributed by atoms with van der Waals surface area (Å²) < 4.78 is 67.4. The number of aromatic nitrogens is 4. The van der Waals surface area contributed by atoms with Crippen molar-refractivity contribution in [3.8, 4) is 50.4 Å². The van der Waals surface area contributed by atoms with Crippen LogP contribution in [-0.4, -0.2) is 117 Å². The van der Waals surface area contributed by atoms with Gasteiger partial charge in [-0.25, -0.2) is 27.2 Å². The molecular weight excluding hydrogens is 1780 g/mol. The lowest BCUT2D eigenvalue weighted by atomic mass is 9.98. The second-order valence-corrected chi connectivity index (χ2v) is 33.1. The number of alkyl carbamates (subject to hydrolysis) is 2. The number of hydrogen-bond donors (Lipinski definition) is 14. The molecule has 14 rings (SSSR count). The van der Waals surface area contributed by atoms with Gasteiger partial charge in [0.25, 0.3) is 24.2 Å². The Kier molecular flexibility index (Phi) is 45.8. The molecule has 708 valence electrons. The summed E-state index contributed by atoms with van der Waals surface area (Å²) in [5, 5.41) is 18.0. The molecule has 5 amide bonds. The normalized spacial score (nSPS) is 12.4. The van der Waals surface area contributed by atoms with Crippen molar-refractivity contribution in [2.24, 2.45) is 17.6 Å². The molecule has 0 saturated carbocycles. The third-order valence-corrected chi connectivity index (χ3v) is 23.3. The van der Waals surface area contributed by atoms with Crippen LogP contribution in [-0.2, 0) is 27.5 Å². The minimum absolute atomic E-state index is 0. The van der Waals surface area contributed by atoms with Crippen LogP contribution in [0.3, 0.4) is 0 Å². The fourth-order valence-corrected chi connectivity index (χ4v) is 14.3. The number of halogens is 8. The van der Waals surface area contributed by atoms with E-state index in [4.69, 9.17) is 43.1 Å². The van der Waals surface area contributed by atoms with E-state index in [9.17, 15) is 46.3 Å². The molecule has 14 aromatic rings. The molecule has 4 aromatic heterocycles. The lowest BCUT2D eigenvalue weighted by molar-refractivity contribution is -0.368. The van der Waals surface area contributed by atoms with Crippen molar-refractivity contribution in [1.29, 1.82) is 0 Å². The Balaban J connectivity index is 0.000000259. The van der Waals surface area contributed by atoms with Gasteiger partial charge in [-0.05, 0) is 238 Å². The molecule has 0 aliphatic carbocycles. The Hall–Kier alpha value is -12.5. The summed E-state index contributed by atoms with van der Waals surface area (Å²) in [4.78, 5) is 84.1. The number of fused-ring (bicyclic) bond motifs is 4. The predicted molar refractivity (Wildman–Crippen MR) is 515 cm³/mol. The molecule has 0 aliphatic heterocycles. The summed E-state index contributed by atoms with van der Waals surface area (Å²) in [6.07, 6.45) is 6.27. The van der Waals surface area contributed by atoms with Crippen molar-refractivity contribution in [1.82, 2.24) is 58.8 Å². The molecule has 10 aromatic carbocycles. The van der Waals surface area contributed by atoms with Gasteiger partial charge in [0.15, 0.2) is 0 Å². The van der Waals surface area contributed by atoms with Crippen molar-refractivity contribution in [2.75, 3.05) is 26.2 Å². The molecule has 4 unspecified atom stereocenters. The van der Waals surface area contributed by atoms with E-state index in [1.54, 1.807) is 54.6 Å². The van der Waals surface area contributed by atoms with E-state index in [-0.39, 0.29) is 132 Å². The number of hydrogen-bond acceptors (Lipinski definition) is 12. The predicted octanol–water partition coefficient (Wildman–Crippen LogP) is 14.4. The Morgan fingerprint density at radius 3 is 0.985 bits per heavy atom. The molecule has 23 nitrogen and oxygen atoms in total. The van der Waals surface area contributed by atoms with Gasteiger partial charge in [-0.1, -0.05) is 172 Å². The third kappa shape index (κ3) is 34.5. The fraction of sp³-hybridized carbons (Fsp3) is 0.275. The zero-order valence-corrected chi connectivity index (χ0v) is 78.5. The molecule has 31 heteroatoms. The van der Waals surface area contributed by atoms with Crippen LogP contribution in [0.15, 0.2) is 255 Å². The number of quaternary nitrogens is 2. The fourth-order valence-electron chi connectivity index (χ4n) is 13.9. The van der Waals surface area contributed by atoms with Gasteiger partial charge in [-0.15, -0.1) is 23.2 Å². The average Bonchev–Trinajstić information content (AvgIpc) is 1.70. The zero-order valence-electron chi connectivity index (χ0n) is 75.4. The van der Waals surface area contributed by atoms with Gasteiger partial charge >= 0.3 is 12.2 Å². The first-order valence-corrected chi connectivity index (χ1v) is 44.2. The summed E-state index contributed by atoms with van der Waals surface area (Å²) in [6.45, 7) is 15.8. The highest BCUT2D eigenvalue weighted by atomic mass is 35.5. The van der Waals surface area contributed by atoms with E-state index < -0.39 is 6.09 Å². The molecule has 23 N–H and O–H groups in total. The number of H-pyrrole nitrogens is 4. The lowest BCUT2D eigenvalue weighted by Gasteiger charge is -2.21. The molecule has 0 bridgehead atoms. The number of amides is 5. The summed E-state index contributed by atoms with van der Waals surface area (Å²) >= 11 is 12.7. The molecular formula is C102H120Cl4F4N14O9. The van der Waals surface area contributed by atoms with Crippen LogP contribution < -0.4 is 85.6 Å². The number of rotatable bonds is 34. The van der Waals surface area contributed by atoms with Gasteiger partial charge in [0, 0.05) is 86.9 Å². The summed E-state index contributed by atoms with van der Waals surface area (Å²) in [5.41, 5.74) is 27.7. The highest BCUT2D eigenvalue weighted by Crippen LogP contribution is 2.32. The van der Waals surface area contributed by atoms with Gasteiger partial charge in [0.1, 0.15) is 53.6 Å². The summed E-state index contributed by atoms with van der Waals surface area (Å²) in [6, 6.07) is 75.0. The number of carbonyl (C=O) groups excluding carboxylic acids is 6. The molecule has 8 atom stereocenters. The molecule has 0 aliphatic rings. The molecule has 4 heterocycles. The summed E-state index contributed by atoms with van der Waals surface area (Å²) in [5.74, 6) is -0.479. The van der Waals surface area contributed by atoms with Crippen molar-refractivity contribution >= 4 is 103 Å². The quantitative estimate of drug-likeness (QED) is 0.00774. The largest absolute Gasteiger partial charge is 1.00 e. The third-order valence-electron chi connectivity index (χ3n) is 22.1. The second-order valence-electron chi connectivity index (χ2n) is 32.0. The van der Waals surface area contributed by atoms with Crippen molar-refractivity contribution < 1.29 is 96.8 Å². The van der Waals surface area contributed by atoms with Crippen LogP contribution in [0.5, 0.6) is 5.88 Å². The first-order chi connectivity index (χ1) is 62.2. The number of benzene rings is 10. The second kappa shape index (κ2) is 55.7. The molecule has 133 heavy (non-hydrogen) atoms. The maximum atomic E-state index is 13.2.